The SMILES string of the molecule is CCCOc1ccc2c(cnn2C2CC(N=O)C2)c1. The van der Waals surface area contributed by atoms with Crippen LogP contribution in [0.25, 0.3) is 10.9 Å². The van der Waals surface area contributed by atoms with E-state index in [0.717, 1.165) is 42.5 Å². The number of ether oxygens (including phenoxy) is 1. The highest BCUT2D eigenvalue weighted by molar-refractivity contribution is 5.80. The van der Waals surface area contributed by atoms with E-state index < -0.39 is 0 Å². The predicted octanol–water partition coefficient (Wildman–Crippen LogP) is 3.30. The van der Waals surface area contributed by atoms with Gasteiger partial charge in [-0.25, -0.2) is 0 Å². The van der Waals surface area contributed by atoms with Gasteiger partial charge in [-0.15, -0.1) is 0 Å². The number of benzene rings is 1. The van der Waals surface area contributed by atoms with E-state index in [9.17, 15) is 4.91 Å². The van der Waals surface area contributed by atoms with Gasteiger partial charge in [0, 0.05) is 5.39 Å². The van der Waals surface area contributed by atoms with Gasteiger partial charge in [-0.05, 0) is 37.5 Å². The highest BCUT2D eigenvalue weighted by Gasteiger charge is 2.32. The van der Waals surface area contributed by atoms with Crippen molar-refractivity contribution in [2.24, 2.45) is 5.18 Å². The Kier molecular flexibility index (Phi) is 3.19. The Morgan fingerprint density at radius 2 is 2.32 bits per heavy atom. The maximum Gasteiger partial charge on any atom is 0.120 e. The van der Waals surface area contributed by atoms with Crippen LogP contribution in [0.4, 0.5) is 0 Å². The van der Waals surface area contributed by atoms with Crippen LogP contribution in [0.1, 0.15) is 32.2 Å². The van der Waals surface area contributed by atoms with Gasteiger partial charge in [0.1, 0.15) is 5.75 Å². The number of aromatic nitrogens is 2. The largest absolute Gasteiger partial charge is 0.494 e. The summed E-state index contributed by atoms with van der Waals surface area (Å²) in [4.78, 5) is 10.4. The monoisotopic (exact) mass is 259 g/mol. The van der Waals surface area contributed by atoms with Crippen LogP contribution in [0, 0.1) is 4.91 Å². The van der Waals surface area contributed by atoms with Crippen molar-refractivity contribution in [1.29, 1.82) is 0 Å². The van der Waals surface area contributed by atoms with Crippen molar-refractivity contribution >= 4 is 10.9 Å². The van der Waals surface area contributed by atoms with Crippen LogP contribution >= 0.6 is 0 Å². The normalized spacial score (nSPS) is 22.2. The number of nitroso groups, excluding NO2 is 1. The van der Waals surface area contributed by atoms with E-state index in [1.54, 1.807) is 0 Å². The van der Waals surface area contributed by atoms with E-state index in [2.05, 4.69) is 17.2 Å². The smallest absolute Gasteiger partial charge is 0.120 e. The number of nitrogens with zero attached hydrogens (tertiary/aromatic N) is 3. The molecule has 1 aromatic heterocycles. The van der Waals surface area contributed by atoms with Crippen LogP contribution < -0.4 is 4.74 Å². The molecule has 3 rings (SSSR count). The summed E-state index contributed by atoms with van der Waals surface area (Å²) in [5, 5.41) is 8.58. The van der Waals surface area contributed by atoms with Crippen LogP contribution in [0.5, 0.6) is 5.75 Å². The number of fused-ring (bicyclic) bond motifs is 1. The Morgan fingerprint density at radius 3 is 3.05 bits per heavy atom. The molecule has 0 radical (unpaired) electrons. The van der Waals surface area contributed by atoms with Crippen molar-refractivity contribution < 1.29 is 4.74 Å². The van der Waals surface area contributed by atoms with E-state index in [1.165, 1.54) is 0 Å². The average molecular weight is 259 g/mol. The quantitative estimate of drug-likeness (QED) is 0.774. The summed E-state index contributed by atoms with van der Waals surface area (Å²) in [6, 6.07) is 6.31. The fourth-order valence-corrected chi connectivity index (χ4v) is 2.48. The standard InChI is InChI=1S/C14H17N3O2/c1-2-5-19-13-3-4-14-10(6-13)9-15-17(14)12-7-11(8-12)16-18/h3-4,6,9,11-12H,2,5,7-8H2,1H3. The molecule has 0 N–H and O–H groups in total. The first-order valence-corrected chi connectivity index (χ1v) is 6.74. The number of hydrogen-bond acceptors (Lipinski definition) is 4. The van der Waals surface area contributed by atoms with Crippen LogP contribution in [-0.4, -0.2) is 22.4 Å². The molecule has 100 valence electrons. The molecule has 0 atom stereocenters. The molecule has 0 spiro atoms. The van der Waals surface area contributed by atoms with Crippen molar-refractivity contribution in [1.82, 2.24) is 9.78 Å². The summed E-state index contributed by atoms with van der Waals surface area (Å²) in [5.74, 6) is 0.884. The zero-order valence-corrected chi connectivity index (χ0v) is 11.0. The first-order valence-electron chi connectivity index (χ1n) is 6.74. The topological polar surface area (TPSA) is 56.5 Å². The first kappa shape index (κ1) is 12.1. The molecule has 5 nitrogen and oxygen atoms in total. The van der Waals surface area contributed by atoms with Gasteiger partial charge in [0.25, 0.3) is 0 Å². The van der Waals surface area contributed by atoms with Gasteiger partial charge >= 0.3 is 0 Å². The maximum atomic E-state index is 10.4. The molecule has 1 fully saturated rings. The highest BCUT2D eigenvalue weighted by Crippen LogP contribution is 2.36. The van der Waals surface area contributed by atoms with Crippen LogP contribution in [0.3, 0.4) is 0 Å². The molecule has 19 heavy (non-hydrogen) atoms. The van der Waals surface area contributed by atoms with Crippen LogP contribution in [0.2, 0.25) is 0 Å². The third-order valence-electron chi connectivity index (χ3n) is 3.62. The van der Waals surface area contributed by atoms with E-state index in [4.69, 9.17) is 4.74 Å². The van der Waals surface area contributed by atoms with Gasteiger partial charge in [-0.1, -0.05) is 12.1 Å². The Labute approximate surface area is 111 Å². The number of hydrogen-bond donors (Lipinski definition) is 0. The van der Waals surface area contributed by atoms with Crippen molar-refractivity contribution in [3.05, 3.63) is 29.3 Å². The third kappa shape index (κ3) is 2.20. The fraction of sp³-hybridized carbons (Fsp3) is 0.500. The summed E-state index contributed by atoms with van der Waals surface area (Å²) in [7, 11) is 0. The zero-order valence-electron chi connectivity index (χ0n) is 11.0. The van der Waals surface area contributed by atoms with Gasteiger partial charge in [0.15, 0.2) is 0 Å². The van der Waals surface area contributed by atoms with Crippen molar-refractivity contribution in [2.75, 3.05) is 6.61 Å². The predicted molar refractivity (Wildman–Crippen MR) is 73.4 cm³/mol. The summed E-state index contributed by atoms with van der Waals surface area (Å²) < 4.78 is 7.62. The molecule has 2 aromatic rings. The molecule has 1 aliphatic rings. The lowest BCUT2D eigenvalue weighted by Crippen LogP contribution is -2.29. The molecule has 1 aliphatic carbocycles. The van der Waals surface area contributed by atoms with Crippen molar-refractivity contribution in [2.45, 2.75) is 38.3 Å². The zero-order chi connectivity index (χ0) is 13.2. The Bertz CT molecular complexity index is 587. The minimum Gasteiger partial charge on any atom is -0.494 e. The van der Waals surface area contributed by atoms with E-state index in [-0.39, 0.29) is 6.04 Å². The molecule has 1 saturated carbocycles. The second-order valence-electron chi connectivity index (χ2n) is 5.04. The minimum atomic E-state index is -0.0311. The lowest BCUT2D eigenvalue weighted by molar-refractivity contribution is 0.254. The minimum absolute atomic E-state index is 0.0311. The summed E-state index contributed by atoms with van der Waals surface area (Å²) in [5.41, 5.74) is 1.10. The van der Waals surface area contributed by atoms with E-state index in [0.29, 0.717) is 6.04 Å². The maximum absolute atomic E-state index is 10.4. The van der Waals surface area contributed by atoms with Gasteiger partial charge in [0.2, 0.25) is 0 Å². The Morgan fingerprint density at radius 1 is 1.47 bits per heavy atom. The molecule has 1 heterocycles. The molecule has 0 bridgehead atoms. The average Bonchev–Trinajstić information content (AvgIpc) is 2.78. The molecule has 0 aliphatic heterocycles. The molecule has 0 saturated heterocycles. The van der Waals surface area contributed by atoms with Crippen LogP contribution in [0.15, 0.2) is 29.6 Å². The van der Waals surface area contributed by atoms with Gasteiger partial charge in [-0.3, -0.25) is 4.68 Å². The summed E-state index contributed by atoms with van der Waals surface area (Å²) >= 11 is 0. The molecule has 5 heteroatoms. The second kappa shape index (κ2) is 4.99. The first-order chi connectivity index (χ1) is 9.31. The Hall–Kier alpha value is -1.91. The molecular weight excluding hydrogens is 242 g/mol. The van der Waals surface area contributed by atoms with Gasteiger partial charge in [-0.2, -0.15) is 10.0 Å². The molecule has 0 unspecified atom stereocenters. The van der Waals surface area contributed by atoms with Crippen molar-refractivity contribution in [3.63, 3.8) is 0 Å². The third-order valence-corrected chi connectivity index (χ3v) is 3.62. The number of rotatable bonds is 5. The lowest BCUT2D eigenvalue weighted by Gasteiger charge is -2.30. The molecule has 0 amide bonds. The Balaban J connectivity index is 1.82. The highest BCUT2D eigenvalue weighted by atomic mass is 16.5. The van der Waals surface area contributed by atoms with Gasteiger partial charge < -0.3 is 4.74 Å². The fourth-order valence-electron chi connectivity index (χ4n) is 2.48. The molecular formula is C14H17N3O2. The van der Waals surface area contributed by atoms with Crippen LogP contribution in [-0.2, 0) is 0 Å². The second-order valence-corrected chi connectivity index (χ2v) is 5.04. The van der Waals surface area contributed by atoms with Gasteiger partial charge in [0.05, 0.1) is 30.4 Å². The van der Waals surface area contributed by atoms with E-state index >= 15 is 0 Å². The van der Waals surface area contributed by atoms with Crippen molar-refractivity contribution in [3.8, 4) is 5.75 Å². The molecule has 1 aromatic carbocycles. The summed E-state index contributed by atoms with van der Waals surface area (Å²) in [6.45, 7) is 2.82. The summed E-state index contributed by atoms with van der Waals surface area (Å²) in [6.07, 6.45) is 4.46. The van der Waals surface area contributed by atoms with E-state index in [1.807, 2.05) is 29.1 Å². The lowest BCUT2D eigenvalue weighted by atomic mass is 9.87.